The van der Waals surface area contributed by atoms with E-state index in [9.17, 15) is 9.59 Å². The summed E-state index contributed by atoms with van der Waals surface area (Å²) in [5.41, 5.74) is 9.60. The molecule has 134 valence electrons. The number of carbonyl (C=O) groups excluding carboxylic acids is 2. The summed E-state index contributed by atoms with van der Waals surface area (Å²) in [7, 11) is 0. The van der Waals surface area contributed by atoms with Gasteiger partial charge < -0.3 is 11.1 Å². The highest BCUT2D eigenvalue weighted by atomic mass is 35.5. The fraction of sp³-hybridized carbons (Fsp3) is 0.0526. The first-order chi connectivity index (χ1) is 12.9. The van der Waals surface area contributed by atoms with Crippen molar-refractivity contribution in [2.75, 3.05) is 11.1 Å². The van der Waals surface area contributed by atoms with Gasteiger partial charge in [0.15, 0.2) is 0 Å². The molecule has 7 nitrogen and oxygen atoms in total. The first-order valence-electron chi connectivity index (χ1n) is 8.08. The van der Waals surface area contributed by atoms with Gasteiger partial charge in [-0.1, -0.05) is 17.7 Å². The summed E-state index contributed by atoms with van der Waals surface area (Å²) in [6.45, 7) is 1.95. The third-order valence-corrected chi connectivity index (χ3v) is 4.46. The van der Waals surface area contributed by atoms with Gasteiger partial charge in [0, 0.05) is 22.3 Å². The second-order valence-corrected chi connectivity index (χ2v) is 6.56. The Balaban J connectivity index is 1.71. The molecule has 0 atom stereocenters. The number of aromatic nitrogens is 2. The molecular formula is C19H14ClN5O2. The molecule has 0 unspecified atom stereocenters. The Morgan fingerprint density at radius 1 is 0.963 bits per heavy atom. The van der Waals surface area contributed by atoms with Crippen LogP contribution >= 0.6 is 11.6 Å². The molecule has 8 heteroatoms. The number of aryl methyl sites for hydroxylation is 1. The summed E-state index contributed by atoms with van der Waals surface area (Å²) in [5, 5.41) is 5.95. The number of nitrogens with two attached hydrogens (primary N) is 1. The van der Waals surface area contributed by atoms with Crippen molar-refractivity contribution in [3.05, 3.63) is 64.2 Å². The molecular weight excluding hydrogens is 366 g/mol. The van der Waals surface area contributed by atoms with Crippen molar-refractivity contribution in [3.63, 3.8) is 0 Å². The zero-order chi connectivity index (χ0) is 19.1. The van der Waals surface area contributed by atoms with Gasteiger partial charge in [-0.15, -0.1) is 0 Å². The number of nitrogens with zero attached hydrogens (tertiary/aromatic N) is 2. The predicted molar refractivity (Wildman–Crippen MR) is 103 cm³/mol. The first-order valence-corrected chi connectivity index (χ1v) is 8.46. The Morgan fingerprint density at radius 2 is 1.74 bits per heavy atom. The van der Waals surface area contributed by atoms with Gasteiger partial charge in [0.2, 0.25) is 5.95 Å². The molecule has 0 fully saturated rings. The topological polar surface area (TPSA) is 110 Å². The summed E-state index contributed by atoms with van der Waals surface area (Å²) in [6, 6.07) is 12.1. The van der Waals surface area contributed by atoms with Crippen molar-refractivity contribution in [2.24, 2.45) is 0 Å². The Morgan fingerprint density at radius 3 is 2.56 bits per heavy atom. The number of hydrogen-bond acceptors (Lipinski definition) is 6. The molecule has 0 spiro atoms. The summed E-state index contributed by atoms with van der Waals surface area (Å²) in [5.74, 6) is -0.257. The van der Waals surface area contributed by atoms with Gasteiger partial charge in [0.05, 0.1) is 16.8 Å². The molecule has 0 radical (unpaired) electrons. The average molecular weight is 380 g/mol. The maximum Gasteiger partial charge on any atom is 0.259 e. The van der Waals surface area contributed by atoms with E-state index >= 15 is 0 Å². The van der Waals surface area contributed by atoms with Crippen LogP contribution in [0.3, 0.4) is 0 Å². The Hall–Kier alpha value is -3.45. The normalized spacial score (nSPS) is 12.7. The van der Waals surface area contributed by atoms with Gasteiger partial charge in [0.25, 0.3) is 11.8 Å². The predicted octanol–water partition coefficient (Wildman–Crippen LogP) is 3.31. The standard InChI is InChI=1S/C19H14ClN5O2/c1-9-2-3-10(20)6-13(9)15-8-16(24-19(21)23-15)22-11-4-5-12-14(7-11)18(27)25-17(12)26/h2-8H,1H3,(H,25,26,27)(H3,21,22,23,24). The van der Waals surface area contributed by atoms with Crippen molar-refractivity contribution in [1.82, 2.24) is 15.3 Å². The number of anilines is 3. The molecule has 0 aliphatic carbocycles. The van der Waals surface area contributed by atoms with Crippen LogP contribution in [0.4, 0.5) is 17.5 Å². The second-order valence-electron chi connectivity index (χ2n) is 6.12. The lowest BCUT2D eigenvalue weighted by atomic mass is 10.1. The van der Waals surface area contributed by atoms with Crippen molar-refractivity contribution in [3.8, 4) is 11.3 Å². The molecule has 1 aliphatic rings. The van der Waals surface area contributed by atoms with E-state index in [1.807, 2.05) is 19.1 Å². The van der Waals surface area contributed by atoms with Crippen LogP contribution in [0.1, 0.15) is 26.3 Å². The molecule has 0 bridgehead atoms. The minimum absolute atomic E-state index is 0.100. The first kappa shape index (κ1) is 17.0. The van der Waals surface area contributed by atoms with Crippen molar-refractivity contribution < 1.29 is 9.59 Å². The zero-order valence-electron chi connectivity index (χ0n) is 14.2. The van der Waals surface area contributed by atoms with Crippen LogP contribution in [0.2, 0.25) is 5.02 Å². The highest BCUT2D eigenvalue weighted by Crippen LogP contribution is 2.29. The van der Waals surface area contributed by atoms with E-state index in [2.05, 4.69) is 20.6 Å². The molecule has 2 aromatic carbocycles. The van der Waals surface area contributed by atoms with Crippen LogP contribution < -0.4 is 16.4 Å². The lowest BCUT2D eigenvalue weighted by molar-refractivity contribution is 0.0879. The van der Waals surface area contributed by atoms with Crippen LogP contribution in [0.25, 0.3) is 11.3 Å². The van der Waals surface area contributed by atoms with Crippen LogP contribution in [-0.2, 0) is 0 Å². The fourth-order valence-electron chi connectivity index (χ4n) is 2.93. The Labute approximate surface area is 159 Å². The Kier molecular flexibility index (Phi) is 4.01. The summed E-state index contributed by atoms with van der Waals surface area (Å²) in [4.78, 5) is 32.0. The molecule has 1 aromatic heterocycles. The van der Waals surface area contributed by atoms with E-state index in [1.165, 1.54) is 0 Å². The number of fused-ring (bicyclic) bond motifs is 1. The monoisotopic (exact) mass is 379 g/mol. The third kappa shape index (κ3) is 3.20. The minimum atomic E-state index is -0.420. The van der Waals surface area contributed by atoms with Gasteiger partial charge in [-0.25, -0.2) is 4.98 Å². The Bertz CT molecular complexity index is 1110. The van der Waals surface area contributed by atoms with Crippen molar-refractivity contribution in [2.45, 2.75) is 6.92 Å². The maximum absolute atomic E-state index is 11.8. The highest BCUT2D eigenvalue weighted by Gasteiger charge is 2.26. The van der Waals surface area contributed by atoms with Gasteiger partial charge in [0.1, 0.15) is 5.82 Å². The molecule has 27 heavy (non-hydrogen) atoms. The van der Waals surface area contributed by atoms with E-state index in [0.717, 1.165) is 11.1 Å². The van der Waals surface area contributed by atoms with E-state index in [1.54, 1.807) is 30.3 Å². The van der Waals surface area contributed by atoms with Gasteiger partial charge in [-0.2, -0.15) is 4.98 Å². The number of carbonyl (C=O) groups is 2. The number of benzene rings is 2. The van der Waals surface area contributed by atoms with Gasteiger partial charge in [-0.05, 0) is 42.8 Å². The lowest BCUT2D eigenvalue weighted by Gasteiger charge is -2.11. The number of nitrogens with one attached hydrogen (secondary N) is 2. The van der Waals surface area contributed by atoms with Gasteiger partial charge in [-0.3, -0.25) is 14.9 Å². The molecule has 0 saturated heterocycles. The third-order valence-electron chi connectivity index (χ3n) is 4.23. The maximum atomic E-state index is 11.8. The summed E-state index contributed by atoms with van der Waals surface area (Å²) in [6.07, 6.45) is 0. The van der Waals surface area contributed by atoms with Crippen LogP contribution in [0.15, 0.2) is 42.5 Å². The smallest absolute Gasteiger partial charge is 0.259 e. The van der Waals surface area contributed by atoms with Crippen LogP contribution in [0, 0.1) is 6.92 Å². The fourth-order valence-corrected chi connectivity index (χ4v) is 3.10. The van der Waals surface area contributed by atoms with Crippen LogP contribution in [-0.4, -0.2) is 21.8 Å². The molecule has 0 saturated carbocycles. The lowest BCUT2D eigenvalue weighted by Crippen LogP contribution is -2.19. The highest BCUT2D eigenvalue weighted by molar-refractivity contribution is 6.30. The summed E-state index contributed by atoms with van der Waals surface area (Å²) >= 11 is 6.10. The minimum Gasteiger partial charge on any atom is -0.368 e. The number of imide groups is 1. The SMILES string of the molecule is Cc1ccc(Cl)cc1-c1cc(Nc2ccc3c(c2)C(=O)NC3=O)nc(N)n1. The number of hydrogen-bond donors (Lipinski definition) is 3. The molecule has 1 aliphatic heterocycles. The van der Waals surface area contributed by atoms with Gasteiger partial charge >= 0.3 is 0 Å². The molecule has 3 aromatic rings. The molecule has 2 amide bonds. The zero-order valence-corrected chi connectivity index (χ0v) is 15.0. The number of amides is 2. The quantitative estimate of drug-likeness (QED) is 0.602. The molecule has 4 rings (SSSR count). The number of rotatable bonds is 3. The number of halogens is 1. The second kappa shape index (κ2) is 6.37. The molecule has 2 heterocycles. The van der Waals surface area contributed by atoms with E-state index in [-0.39, 0.29) is 5.95 Å². The van der Waals surface area contributed by atoms with Crippen LogP contribution in [0.5, 0.6) is 0 Å². The summed E-state index contributed by atoms with van der Waals surface area (Å²) < 4.78 is 0. The van der Waals surface area contributed by atoms with E-state index < -0.39 is 11.8 Å². The molecule has 4 N–H and O–H groups in total. The van der Waals surface area contributed by atoms with Crippen molar-refractivity contribution >= 4 is 40.9 Å². The largest absolute Gasteiger partial charge is 0.368 e. The van der Waals surface area contributed by atoms with E-state index in [4.69, 9.17) is 17.3 Å². The van der Waals surface area contributed by atoms with Crippen molar-refractivity contribution in [1.29, 1.82) is 0 Å². The number of nitrogen functional groups attached to an aromatic ring is 1. The average Bonchev–Trinajstić information content (AvgIpc) is 2.90. The van der Waals surface area contributed by atoms with E-state index in [0.29, 0.717) is 33.3 Å².